The first-order valence-electron chi connectivity index (χ1n) is 8.23. The fraction of sp³-hybridized carbons (Fsp3) is 0.316. The van der Waals surface area contributed by atoms with Crippen molar-refractivity contribution in [1.29, 1.82) is 0 Å². The van der Waals surface area contributed by atoms with E-state index in [0.29, 0.717) is 4.88 Å². The maximum Gasteiger partial charge on any atom is 0.416 e. The van der Waals surface area contributed by atoms with E-state index in [1.807, 2.05) is 13.0 Å². The molecule has 0 aliphatic rings. The fourth-order valence-corrected chi connectivity index (χ4v) is 3.14. The Morgan fingerprint density at radius 1 is 0.926 bits per heavy atom. The van der Waals surface area contributed by atoms with Crippen molar-refractivity contribution >= 4 is 34.5 Å². The van der Waals surface area contributed by atoms with Gasteiger partial charge in [-0.2, -0.15) is 13.2 Å². The van der Waals surface area contributed by atoms with Crippen molar-refractivity contribution in [2.45, 2.75) is 38.8 Å². The third kappa shape index (κ3) is 6.63. The van der Waals surface area contributed by atoms with Crippen molar-refractivity contribution in [1.82, 2.24) is 0 Å². The van der Waals surface area contributed by atoms with E-state index in [0.717, 1.165) is 29.1 Å². The smallest absolute Gasteiger partial charge is 0.326 e. The molecule has 1 aromatic heterocycles. The maximum atomic E-state index is 12.5. The molecule has 0 unspecified atom stereocenters. The van der Waals surface area contributed by atoms with E-state index in [2.05, 4.69) is 5.32 Å². The van der Waals surface area contributed by atoms with Gasteiger partial charge in [-0.15, -0.1) is 11.3 Å². The lowest BCUT2D eigenvalue weighted by atomic mass is 10.1. The molecule has 27 heavy (non-hydrogen) atoms. The zero-order chi connectivity index (χ0) is 20.0. The van der Waals surface area contributed by atoms with Crippen LogP contribution in [0.4, 0.5) is 18.9 Å². The summed E-state index contributed by atoms with van der Waals surface area (Å²) in [7, 11) is 0. The second-order valence-electron chi connectivity index (χ2n) is 6.00. The largest absolute Gasteiger partial charge is 0.416 e. The summed E-state index contributed by atoms with van der Waals surface area (Å²) in [6.45, 7) is 1.89. The topological polar surface area (TPSA) is 63.2 Å². The van der Waals surface area contributed by atoms with Gasteiger partial charge < -0.3 is 5.32 Å². The van der Waals surface area contributed by atoms with Crippen LogP contribution in [-0.2, 0) is 15.8 Å². The number of anilines is 1. The molecule has 0 atom stereocenters. The van der Waals surface area contributed by atoms with Crippen LogP contribution in [0.1, 0.15) is 45.8 Å². The van der Waals surface area contributed by atoms with Crippen LogP contribution in [0.25, 0.3) is 0 Å². The minimum atomic E-state index is -4.44. The molecule has 0 saturated carbocycles. The summed E-state index contributed by atoms with van der Waals surface area (Å²) >= 11 is 1.37. The number of nitrogens with one attached hydrogen (secondary N) is 1. The fourth-order valence-electron chi connectivity index (χ4n) is 2.30. The number of halogens is 3. The molecule has 2 rings (SSSR count). The highest BCUT2D eigenvalue weighted by atomic mass is 32.1. The molecule has 2 aromatic rings. The van der Waals surface area contributed by atoms with Crippen LogP contribution in [0.2, 0.25) is 0 Å². The summed E-state index contributed by atoms with van der Waals surface area (Å²) in [6, 6.07) is 7.63. The van der Waals surface area contributed by atoms with Gasteiger partial charge in [0.25, 0.3) is 0 Å². The predicted octanol–water partition coefficient (Wildman–Crippen LogP) is 5.03. The van der Waals surface area contributed by atoms with Crippen LogP contribution >= 0.6 is 11.3 Å². The lowest BCUT2D eigenvalue weighted by Gasteiger charge is -2.08. The van der Waals surface area contributed by atoms with E-state index in [-0.39, 0.29) is 42.9 Å². The summed E-state index contributed by atoms with van der Waals surface area (Å²) in [5.41, 5.74) is -0.579. The number of amides is 1. The number of hydrogen-bond acceptors (Lipinski definition) is 4. The van der Waals surface area contributed by atoms with Gasteiger partial charge in [0, 0.05) is 36.2 Å². The molecule has 0 bridgehead atoms. The van der Waals surface area contributed by atoms with Crippen LogP contribution in [0.5, 0.6) is 0 Å². The molecule has 1 aromatic carbocycles. The molecule has 1 N–H and O–H groups in total. The van der Waals surface area contributed by atoms with Gasteiger partial charge in [-0.1, -0.05) is 0 Å². The number of thiophene rings is 1. The average Bonchev–Trinajstić information content (AvgIpc) is 3.04. The first-order valence-corrected chi connectivity index (χ1v) is 9.05. The minimum absolute atomic E-state index is 0.0246. The quantitative estimate of drug-likeness (QED) is 0.636. The highest BCUT2D eigenvalue weighted by Gasteiger charge is 2.29. The summed E-state index contributed by atoms with van der Waals surface area (Å²) in [6.07, 6.45) is -4.40. The monoisotopic (exact) mass is 397 g/mol. The highest BCUT2D eigenvalue weighted by molar-refractivity contribution is 7.14. The molecule has 0 spiro atoms. The van der Waals surface area contributed by atoms with Gasteiger partial charge in [0.2, 0.25) is 5.91 Å². The molecule has 0 aliphatic heterocycles. The first kappa shape index (κ1) is 20.8. The molecular weight excluding hydrogens is 379 g/mol. The van der Waals surface area contributed by atoms with Crippen molar-refractivity contribution in [2.24, 2.45) is 0 Å². The molecule has 4 nitrogen and oxygen atoms in total. The number of rotatable bonds is 8. The van der Waals surface area contributed by atoms with Crippen molar-refractivity contribution in [2.75, 3.05) is 5.32 Å². The number of benzene rings is 1. The van der Waals surface area contributed by atoms with Gasteiger partial charge >= 0.3 is 6.18 Å². The van der Waals surface area contributed by atoms with E-state index in [1.54, 1.807) is 6.07 Å². The molecule has 0 saturated heterocycles. The summed E-state index contributed by atoms with van der Waals surface area (Å²) < 4.78 is 37.4. The Morgan fingerprint density at radius 3 is 2.11 bits per heavy atom. The Hall–Kier alpha value is -2.48. The van der Waals surface area contributed by atoms with Crippen molar-refractivity contribution in [3.63, 3.8) is 0 Å². The molecule has 8 heteroatoms. The van der Waals surface area contributed by atoms with E-state index in [1.165, 1.54) is 11.3 Å². The standard InChI is InChI=1S/C19H18F3NO3S/c1-12-2-10-17(27-12)16(25)9-7-15(24)8-11-18(26)23-14-5-3-13(4-6-14)19(20,21)22/h2-6,10H,7-9,11H2,1H3,(H,23,26). The van der Waals surface area contributed by atoms with E-state index in [9.17, 15) is 27.6 Å². The number of carbonyl (C=O) groups is 3. The molecule has 0 radical (unpaired) electrons. The van der Waals surface area contributed by atoms with E-state index >= 15 is 0 Å². The lowest BCUT2D eigenvalue weighted by Crippen LogP contribution is -2.14. The van der Waals surface area contributed by atoms with Crippen molar-refractivity contribution < 1.29 is 27.6 Å². The number of Topliss-reactive ketones (excluding diaryl/α,β-unsaturated/α-hetero) is 2. The molecule has 0 aliphatic carbocycles. The van der Waals surface area contributed by atoms with Crippen molar-refractivity contribution in [3.8, 4) is 0 Å². The molecular formula is C19H18F3NO3S. The molecule has 1 heterocycles. The van der Waals surface area contributed by atoms with Crippen LogP contribution < -0.4 is 5.32 Å². The summed E-state index contributed by atoms with van der Waals surface area (Å²) in [5, 5.41) is 2.45. The van der Waals surface area contributed by atoms with Gasteiger partial charge in [0.05, 0.1) is 10.4 Å². The summed E-state index contributed by atoms with van der Waals surface area (Å²) in [5.74, 6) is -0.779. The third-order valence-corrected chi connectivity index (χ3v) is 4.81. The maximum absolute atomic E-state index is 12.5. The number of hydrogen-bond donors (Lipinski definition) is 1. The summed E-state index contributed by atoms with van der Waals surface area (Å²) in [4.78, 5) is 37.2. The van der Waals surface area contributed by atoms with Gasteiger partial charge in [0.15, 0.2) is 5.78 Å². The number of aryl methyl sites for hydroxylation is 1. The van der Waals surface area contributed by atoms with Crippen LogP contribution in [0.15, 0.2) is 36.4 Å². The van der Waals surface area contributed by atoms with Gasteiger partial charge in [0.1, 0.15) is 5.78 Å². The minimum Gasteiger partial charge on any atom is -0.326 e. The zero-order valence-electron chi connectivity index (χ0n) is 14.6. The molecule has 0 fully saturated rings. The predicted molar refractivity (Wildman–Crippen MR) is 96.9 cm³/mol. The van der Waals surface area contributed by atoms with Gasteiger partial charge in [-0.25, -0.2) is 0 Å². The molecule has 1 amide bonds. The van der Waals surface area contributed by atoms with Crippen molar-refractivity contribution in [3.05, 3.63) is 51.7 Å². The SMILES string of the molecule is Cc1ccc(C(=O)CCC(=O)CCC(=O)Nc2ccc(C(F)(F)F)cc2)s1. The number of alkyl halides is 3. The van der Waals surface area contributed by atoms with E-state index < -0.39 is 17.6 Å². The Kier molecular flexibility index (Phi) is 6.90. The van der Waals surface area contributed by atoms with Gasteiger partial charge in [-0.05, 0) is 43.3 Å². The Morgan fingerprint density at radius 2 is 1.56 bits per heavy atom. The number of ketones is 2. The Balaban J connectivity index is 1.73. The van der Waals surface area contributed by atoms with Crippen LogP contribution in [-0.4, -0.2) is 17.5 Å². The second-order valence-corrected chi connectivity index (χ2v) is 7.28. The average molecular weight is 397 g/mol. The van der Waals surface area contributed by atoms with Crippen LogP contribution in [0, 0.1) is 6.92 Å². The highest BCUT2D eigenvalue weighted by Crippen LogP contribution is 2.29. The van der Waals surface area contributed by atoms with Gasteiger partial charge in [-0.3, -0.25) is 14.4 Å². The Labute approximate surface area is 158 Å². The zero-order valence-corrected chi connectivity index (χ0v) is 15.4. The number of carbonyl (C=O) groups excluding carboxylic acids is 3. The molecule has 144 valence electrons. The second kappa shape index (κ2) is 8.94. The Bertz CT molecular complexity index is 825. The third-order valence-electron chi connectivity index (χ3n) is 3.77. The lowest BCUT2D eigenvalue weighted by molar-refractivity contribution is -0.137. The van der Waals surface area contributed by atoms with Crippen LogP contribution in [0.3, 0.4) is 0 Å². The normalized spacial score (nSPS) is 11.3. The van der Waals surface area contributed by atoms with E-state index in [4.69, 9.17) is 0 Å². The first-order chi connectivity index (χ1) is 12.6.